The Morgan fingerprint density at radius 3 is 2.17 bits per heavy atom. The predicted octanol–water partition coefficient (Wildman–Crippen LogP) is 1.78. The highest BCUT2D eigenvalue weighted by Crippen LogP contribution is 2.38. The quantitative estimate of drug-likeness (QED) is 0.596. The number of benzene rings is 1. The van der Waals surface area contributed by atoms with Crippen molar-refractivity contribution >= 4 is 11.8 Å². The van der Waals surface area contributed by atoms with Gasteiger partial charge in [0.25, 0.3) is 5.91 Å². The number of piperazine rings is 1. The first kappa shape index (κ1) is 22.8. The van der Waals surface area contributed by atoms with Crippen molar-refractivity contribution in [2.75, 3.05) is 60.6 Å². The zero-order valence-electron chi connectivity index (χ0n) is 18.0. The molecule has 0 unspecified atom stereocenters. The Morgan fingerprint density at radius 1 is 1.03 bits per heavy atom. The predicted molar refractivity (Wildman–Crippen MR) is 111 cm³/mol. The number of rotatable bonds is 10. The summed E-state index contributed by atoms with van der Waals surface area (Å²) in [7, 11) is 4.54. The second-order valence-corrected chi connectivity index (χ2v) is 6.98. The lowest BCUT2D eigenvalue weighted by molar-refractivity contribution is -0.132. The first-order chi connectivity index (χ1) is 14.0. The molecule has 1 saturated heterocycles. The molecule has 1 fully saturated rings. The summed E-state index contributed by atoms with van der Waals surface area (Å²) in [5.74, 6) is 1.02. The van der Waals surface area contributed by atoms with E-state index in [1.54, 1.807) is 17.0 Å². The SMILES string of the molecule is CCCCCN(CC(=O)N1CCNCC1)C(=O)c1cc(OC)c(OC)c(OC)c1. The molecule has 1 heterocycles. The number of nitrogens with one attached hydrogen (secondary N) is 1. The van der Waals surface area contributed by atoms with Crippen LogP contribution < -0.4 is 19.5 Å². The van der Waals surface area contributed by atoms with Gasteiger partial charge in [0, 0.05) is 38.3 Å². The molecule has 2 amide bonds. The van der Waals surface area contributed by atoms with Crippen LogP contribution in [0.25, 0.3) is 0 Å². The lowest BCUT2D eigenvalue weighted by Crippen LogP contribution is -2.50. The fourth-order valence-electron chi connectivity index (χ4n) is 3.37. The second-order valence-electron chi connectivity index (χ2n) is 6.98. The first-order valence-electron chi connectivity index (χ1n) is 10.1. The van der Waals surface area contributed by atoms with E-state index < -0.39 is 0 Å². The molecule has 162 valence electrons. The van der Waals surface area contributed by atoms with Crippen molar-refractivity contribution in [2.24, 2.45) is 0 Å². The molecule has 0 saturated carbocycles. The van der Waals surface area contributed by atoms with E-state index in [9.17, 15) is 9.59 Å². The largest absolute Gasteiger partial charge is 0.493 e. The molecule has 1 aromatic rings. The molecule has 1 N–H and O–H groups in total. The maximum Gasteiger partial charge on any atom is 0.254 e. The minimum Gasteiger partial charge on any atom is -0.493 e. The van der Waals surface area contributed by atoms with Gasteiger partial charge in [-0.15, -0.1) is 0 Å². The van der Waals surface area contributed by atoms with E-state index >= 15 is 0 Å². The minimum absolute atomic E-state index is 0.0243. The smallest absolute Gasteiger partial charge is 0.254 e. The summed E-state index contributed by atoms with van der Waals surface area (Å²) in [5.41, 5.74) is 0.407. The summed E-state index contributed by atoms with van der Waals surface area (Å²) < 4.78 is 16.1. The van der Waals surface area contributed by atoms with Gasteiger partial charge in [-0.05, 0) is 18.6 Å². The molecular formula is C21H33N3O5. The first-order valence-corrected chi connectivity index (χ1v) is 10.1. The number of nitrogens with zero attached hydrogens (tertiary/aromatic N) is 2. The Kier molecular flexibility index (Phi) is 9.05. The molecule has 29 heavy (non-hydrogen) atoms. The summed E-state index contributed by atoms with van der Waals surface area (Å²) >= 11 is 0. The van der Waals surface area contributed by atoms with E-state index in [1.165, 1.54) is 21.3 Å². The van der Waals surface area contributed by atoms with Crippen molar-refractivity contribution in [1.29, 1.82) is 0 Å². The van der Waals surface area contributed by atoms with Gasteiger partial charge in [0.1, 0.15) is 6.54 Å². The van der Waals surface area contributed by atoms with Crippen molar-refractivity contribution in [1.82, 2.24) is 15.1 Å². The molecule has 0 radical (unpaired) electrons. The standard InChI is InChI=1S/C21H33N3O5/c1-5-6-7-10-24(15-19(25)23-11-8-22-9-12-23)21(26)16-13-17(27-2)20(29-4)18(14-16)28-3/h13-14,22H,5-12,15H2,1-4H3. The maximum absolute atomic E-state index is 13.3. The normalized spacial score (nSPS) is 13.7. The molecule has 2 rings (SSSR count). The van der Waals surface area contributed by atoms with Crippen molar-refractivity contribution < 1.29 is 23.8 Å². The lowest BCUT2D eigenvalue weighted by atomic mass is 10.1. The highest BCUT2D eigenvalue weighted by Gasteiger charge is 2.25. The highest BCUT2D eigenvalue weighted by molar-refractivity contribution is 5.97. The van der Waals surface area contributed by atoms with E-state index in [0.29, 0.717) is 42.4 Å². The molecule has 0 aliphatic carbocycles. The number of ether oxygens (including phenoxy) is 3. The molecule has 0 bridgehead atoms. The molecule has 0 aromatic heterocycles. The van der Waals surface area contributed by atoms with Gasteiger partial charge in [-0.25, -0.2) is 0 Å². The number of hydrogen-bond donors (Lipinski definition) is 1. The third kappa shape index (κ3) is 6.00. The number of methoxy groups -OCH3 is 3. The number of amides is 2. The third-order valence-electron chi connectivity index (χ3n) is 5.03. The molecule has 0 atom stereocenters. The van der Waals surface area contributed by atoms with E-state index in [0.717, 1.165) is 32.4 Å². The van der Waals surface area contributed by atoms with Gasteiger partial charge in [0.2, 0.25) is 11.7 Å². The van der Waals surface area contributed by atoms with Crippen LogP contribution in [0.4, 0.5) is 0 Å². The number of hydrogen-bond acceptors (Lipinski definition) is 6. The second kappa shape index (κ2) is 11.5. The van der Waals surface area contributed by atoms with Gasteiger partial charge >= 0.3 is 0 Å². The van der Waals surface area contributed by atoms with Crippen molar-refractivity contribution in [3.8, 4) is 17.2 Å². The highest BCUT2D eigenvalue weighted by atomic mass is 16.5. The van der Waals surface area contributed by atoms with E-state index in [-0.39, 0.29) is 18.4 Å². The van der Waals surface area contributed by atoms with Crippen molar-refractivity contribution in [2.45, 2.75) is 26.2 Å². The van der Waals surface area contributed by atoms with Crippen LogP contribution in [0.15, 0.2) is 12.1 Å². The van der Waals surface area contributed by atoms with Crippen LogP contribution in [0.2, 0.25) is 0 Å². The van der Waals surface area contributed by atoms with Crippen LogP contribution in [-0.4, -0.2) is 82.2 Å². The van der Waals surface area contributed by atoms with E-state index in [2.05, 4.69) is 12.2 Å². The van der Waals surface area contributed by atoms with E-state index in [4.69, 9.17) is 14.2 Å². The molecule has 8 heteroatoms. The Morgan fingerprint density at radius 2 is 1.66 bits per heavy atom. The van der Waals surface area contributed by atoms with E-state index in [1.807, 2.05) is 4.90 Å². The average molecular weight is 408 g/mol. The third-order valence-corrected chi connectivity index (χ3v) is 5.03. The van der Waals surface area contributed by atoms with Gasteiger partial charge in [0.05, 0.1) is 21.3 Å². The number of carbonyl (C=O) groups excluding carboxylic acids is 2. The monoisotopic (exact) mass is 407 g/mol. The molecule has 0 spiro atoms. The van der Waals surface area contributed by atoms with Crippen LogP contribution >= 0.6 is 0 Å². The van der Waals surface area contributed by atoms with Crippen LogP contribution in [0.3, 0.4) is 0 Å². The van der Waals surface area contributed by atoms with Crippen molar-refractivity contribution in [3.63, 3.8) is 0 Å². The zero-order chi connectivity index (χ0) is 21.2. The van der Waals surface area contributed by atoms with Gasteiger partial charge in [-0.2, -0.15) is 0 Å². The van der Waals surface area contributed by atoms with Gasteiger partial charge < -0.3 is 29.3 Å². The van der Waals surface area contributed by atoms with Gasteiger partial charge in [-0.1, -0.05) is 19.8 Å². The Balaban J connectivity index is 2.24. The topological polar surface area (TPSA) is 80.3 Å². The summed E-state index contributed by atoms with van der Waals surface area (Å²) in [4.78, 5) is 29.5. The molecule has 1 aliphatic rings. The molecule has 8 nitrogen and oxygen atoms in total. The van der Waals surface area contributed by atoms with Crippen LogP contribution in [0.5, 0.6) is 17.2 Å². The molecule has 1 aromatic carbocycles. The maximum atomic E-state index is 13.3. The number of unbranched alkanes of at least 4 members (excludes halogenated alkanes) is 2. The lowest BCUT2D eigenvalue weighted by Gasteiger charge is -2.30. The summed E-state index contributed by atoms with van der Waals surface area (Å²) in [6.45, 7) is 5.60. The average Bonchev–Trinajstić information content (AvgIpc) is 2.77. The minimum atomic E-state index is -0.219. The zero-order valence-corrected chi connectivity index (χ0v) is 18.0. The van der Waals surface area contributed by atoms with Gasteiger partial charge in [0.15, 0.2) is 11.5 Å². The summed E-state index contributed by atoms with van der Waals surface area (Å²) in [6, 6.07) is 3.26. The Labute approximate surface area is 173 Å². The summed E-state index contributed by atoms with van der Waals surface area (Å²) in [5, 5.41) is 3.24. The van der Waals surface area contributed by atoms with Crippen LogP contribution in [-0.2, 0) is 4.79 Å². The summed E-state index contributed by atoms with van der Waals surface area (Å²) in [6.07, 6.45) is 2.89. The Hall–Kier alpha value is -2.48. The molecular weight excluding hydrogens is 374 g/mol. The van der Waals surface area contributed by atoms with Crippen molar-refractivity contribution in [3.05, 3.63) is 17.7 Å². The fourth-order valence-corrected chi connectivity index (χ4v) is 3.37. The number of carbonyl (C=O) groups is 2. The fraction of sp³-hybridized carbons (Fsp3) is 0.619. The van der Waals surface area contributed by atoms with Crippen LogP contribution in [0, 0.1) is 0 Å². The van der Waals surface area contributed by atoms with Crippen LogP contribution in [0.1, 0.15) is 36.5 Å². The Bertz CT molecular complexity index is 664. The van der Waals surface area contributed by atoms with Gasteiger partial charge in [-0.3, -0.25) is 9.59 Å². The molecule has 1 aliphatic heterocycles.